The monoisotopic (exact) mass is 250 g/mol. The van der Waals surface area contributed by atoms with Crippen molar-refractivity contribution in [3.05, 3.63) is 0 Å². The molecule has 0 aromatic rings. The standard InChI is InChI=1S/C15H26N2O/c1-15(2)6-5-12(14(15)18)11-16-7-9-17(10-8-16)13-3-4-13/h12-13H,3-11H2,1-2H3. The number of hydrogen-bond acceptors (Lipinski definition) is 3. The SMILES string of the molecule is CC1(C)CCC(CN2CCN(C3CC3)CC2)C1=O. The van der Waals surface area contributed by atoms with E-state index in [1.807, 2.05) is 0 Å². The summed E-state index contributed by atoms with van der Waals surface area (Å²) in [6, 6.07) is 0.902. The number of carbonyl (C=O) groups is 1. The van der Waals surface area contributed by atoms with Gasteiger partial charge in [0.25, 0.3) is 0 Å². The number of nitrogens with zero attached hydrogens (tertiary/aromatic N) is 2. The van der Waals surface area contributed by atoms with Crippen LogP contribution in [0.2, 0.25) is 0 Å². The van der Waals surface area contributed by atoms with E-state index >= 15 is 0 Å². The maximum Gasteiger partial charge on any atom is 0.142 e. The maximum atomic E-state index is 12.2. The molecule has 0 aromatic carbocycles. The summed E-state index contributed by atoms with van der Waals surface area (Å²) in [5, 5.41) is 0. The van der Waals surface area contributed by atoms with Crippen LogP contribution in [0.25, 0.3) is 0 Å². The van der Waals surface area contributed by atoms with E-state index < -0.39 is 0 Å². The molecule has 0 bridgehead atoms. The van der Waals surface area contributed by atoms with E-state index in [1.165, 1.54) is 39.0 Å². The Hall–Kier alpha value is -0.410. The molecule has 2 saturated carbocycles. The lowest BCUT2D eigenvalue weighted by atomic mass is 9.89. The lowest BCUT2D eigenvalue weighted by Crippen LogP contribution is -2.49. The van der Waals surface area contributed by atoms with Gasteiger partial charge in [-0.2, -0.15) is 0 Å². The molecule has 102 valence electrons. The molecule has 0 amide bonds. The second kappa shape index (κ2) is 4.61. The summed E-state index contributed by atoms with van der Waals surface area (Å²) in [7, 11) is 0. The summed E-state index contributed by atoms with van der Waals surface area (Å²) in [4.78, 5) is 17.4. The number of carbonyl (C=O) groups excluding carboxylic acids is 1. The van der Waals surface area contributed by atoms with Gasteiger partial charge in [-0.1, -0.05) is 13.8 Å². The van der Waals surface area contributed by atoms with Gasteiger partial charge in [-0.25, -0.2) is 0 Å². The molecule has 0 spiro atoms. The van der Waals surface area contributed by atoms with Crippen molar-refractivity contribution >= 4 is 5.78 Å². The Labute approximate surface area is 111 Å². The van der Waals surface area contributed by atoms with E-state index in [4.69, 9.17) is 0 Å². The van der Waals surface area contributed by atoms with E-state index in [1.54, 1.807) is 0 Å². The molecule has 18 heavy (non-hydrogen) atoms. The van der Waals surface area contributed by atoms with Crippen molar-refractivity contribution in [1.29, 1.82) is 0 Å². The Kier molecular flexibility index (Phi) is 3.23. The summed E-state index contributed by atoms with van der Waals surface area (Å²) in [6.07, 6.45) is 5.01. The molecule has 0 radical (unpaired) electrons. The highest BCUT2D eigenvalue weighted by atomic mass is 16.1. The molecule has 0 aromatic heterocycles. The predicted molar refractivity (Wildman–Crippen MR) is 72.5 cm³/mol. The molecule has 1 unspecified atom stereocenters. The van der Waals surface area contributed by atoms with E-state index in [9.17, 15) is 4.79 Å². The Morgan fingerprint density at radius 1 is 1.11 bits per heavy atom. The number of ketones is 1. The highest BCUT2D eigenvalue weighted by molar-refractivity contribution is 5.88. The largest absolute Gasteiger partial charge is 0.300 e. The predicted octanol–water partition coefficient (Wildman–Crippen LogP) is 1.77. The molecule has 0 N–H and O–H groups in total. The minimum atomic E-state index is -0.0551. The Balaban J connectivity index is 1.48. The number of rotatable bonds is 3. The van der Waals surface area contributed by atoms with Gasteiger partial charge in [0.05, 0.1) is 0 Å². The molecule has 2 aliphatic carbocycles. The first-order valence-electron chi connectivity index (χ1n) is 7.57. The molecule has 3 heteroatoms. The van der Waals surface area contributed by atoms with Gasteiger partial charge in [-0.15, -0.1) is 0 Å². The molecule has 3 nitrogen and oxygen atoms in total. The molecule has 3 aliphatic rings. The topological polar surface area (TPSA) is 23.6 Å². The summed E-state index contributed by atoms with van der Waals surface area (Å²) in [6.45, 7) is 10.0. The van der Waals surface area contributed by atoms with Crippen LogP contribution in [0.5, 0.6) is 0 Å². The number of hydrogen-bond donors (Lipinski definition) is 0. The van der Waals surface area contributed by atoms with Crippen LogP contribution in [0.15, 0.2) is 0 Å². The lowest BCUT2D eigenvalue weighted by molar-refractivity contribution is -0.128. The van der Waals surface area contributed by atoms with Gasteiger partial charge in [0.2, 0.25) is 0 Å². The van der Waals surface area contributed by atoms with Crippen LogP contribution in [0.4, 0.5) is 0 Å². The average molecular weight is 250 g/mol. The zero-order chi connectivity index (χ0) is 12.8. The van der Waals surface area contributed by atoms with Crippen molar-refractivity contribution in [2.24, 2.45) is 11.3 Å². The lowest BCUT2D eigenvalue weighted by Gasteiger charge is -2.36. The smallest absolute Gasteiger partial charge is 0.142 e. The Morgan fingerprint density at radius 3 is 2.28 bits per heavy atom. The summed E-state index contributed by atoms with van der Waals surface area (Å²) >= 11 is 0. The van der Waals surface area contributed by atoms with Crippen molar-refractivity contribution < 1.29 is 4.79 Å². The van der Waals surface area contributed by atoms with Crippen LogP contribution in [-0.4, -0.2) is 54.3 Å². The number of Topliss-reactive ketones (excluding diaryl/α,β-unsaturated/α-hetero) is 1. The van der Waals surface area contributed by atoms with Crippen LogP contribution < -0.4 is 0 Å². The van der Waals surface area contributed by atoms with Gasteiger partial charge < -0.3 is 4.90 Å². The van der Waals surface area contributed by atoms with Gasteiger partial charge in [-0.3, -0.25) is 9.69 Å². The highest BCUT2D eigenvalue weighted by Crippen LogP contribution is 2.38. The van der Waals surface area contributed by atoms with Gasteiger partial charge in [-0.05, 0) is 25.7 Å². The zero-order valence-corrected chi connectivity index (χ0v) is 11.8. The third-order valence-corrected chi connectivity index (χ3v) is 5.10. The van der Waals surface area contributed by atoms with Crippen molar-refractivity contribution in [1.82, 2.24) is 9.80 Å². The van der Waals surface area contributed by atoms with Crippen LogP contribution in [-0.2, 0) is 4.79 Å². The molecule has 1 aliphatic heterocycles. The average Bonchev–Trinajstić information content (AvgIpc) is 3.15. The third-order valence-electron chi connectivity index (χ3n) is 5.10. The van der Waals surface area contributed by atoms with E-state index in [0.717, 1.165) is 25.4 Å². The van der Waals surface area contributed by atoms with Crippen molar-refractivity contribution in [3.8, 4) is 0 Å². The summed E-state index contributed by atoms with van der Waals surface area (Å²) in [5.41, 5.74) is -0.0551. The molecule has 3 rings (SSSR count). The maximum absolute atomic E-state index is 12.2. The van der Waals surface area contributed by atoms with Crippen LogP contribution in [0.3, 0.4) is 0 Å². The molecular formula is C15H26N2O. The first-order valence-corrected chi connectivity index (χ1v) is 7.57. The Morgan fingerprint density at radius 2 is 1.78 bits per heavy atom. The van der Waals surface area contributed by atoms with Crippen molar-refractivity contribution in [2.45, 2.75) is 45.6 Å². The number of piperazine rings is 1. The normalized spacial score (nSPS) is 34.1. The van der Waals surface area contributed by atoms with Gasteiger partial charge >= 0.3 is 0 Å². The quantitative estimate of drug-likeness (QED) is 0.763. The zero-order valence-electron chi connectivity index (χ0n) is 11.8. The van der Waals surface area contributed by atoms with Crippen molar-refractivity contribution in [3.63, 3.8) is 0 Å². The molecule has 3 fully saturated rings. The minimum absolute atomic E-state index is 0.0551. The second-order valence-electron chi connectivity index (χ2n) is 7.05. The van der Waals surface area contributed by atoms with E-state index in [-0.39, 0.29) is 5.41 Å². The van der Waals surface area contributed by atoms with E-state index in [0.29, 0.717) is 11.7 Å². The fraction of sp³-hybridized carbons (Fsp3) is 0.933. The van der Waals surface area contributed by atoms with Gasteiger partial charge in [0.15, 0.2) is 0 Å². The Bertz CT molecular complexity index is 327. The fourth-order valence-electron chi connectivity index (χ4n) is 3.58. The minimum Gasteiger partial charge on any atom is -0.300 e. The fourth-order valence-corrected chi connectivity index (χ4v) is 3.58. The van der Waals surface area contributed by atoms with Crippen LogP contribution in [0.1, 0.15) is 39.5 Å². The molecule has 1 atom stereocenters. The first kappa shape index (κ1) is 12.6. The molecule has 1 saturated heterocycles. The van der Waals surface area contributed by atoms with E-state index in [2.05, 4.69) is 23.6 Å². The van der Waals surface area contributed by atoms with Gasteiger partial charge in [0.1, 0.15) is 5.78 Å². The summed E-state index contributed by atoms with van der Waals surface area (Å²) < 4.78 is 0. The summed E-state index contributed by atoms with van der Waals surface area (Å²) in [5.74, 6) is 0.819. The van der Waals surface area contributed by atoms with Crippen LogP contribution >= 0.6 is 0 Å². The first-order chi connectivity index (χ1) is 8.56. The van der Waals surface area contributed by atoms with Crippen LogP contribution in [0, 0.1) is 11.3 Å². The van der Waals surface area contributed by atoms with Crippen molar-refractivity contribution in [2.75, 3.05) is 32.7 Å². The molecule has 1 heterocycles. The second-order valence-corrected chi connectivity index (χ2v) is 7.05. The third kappa shape index (κ3) is 2.48. The molecular weight excluding hydrogens is 224 g/mol. The van der Waals surface area contributed by atoms with Gasteiger partial charge in [0, 0.05) is 50.1 Å². The highest BCUT2D eigenvalue weighted by Gasteiger charge is 2.41.